The summed E-state index contributed by atoms with van der Waals surface area (Å²) in [5, 5.41) is 3.29. The second-order valence-corrected chi connectivity index (χ2v) is 4.12. The summed E-state index contributed by atoms with van der Waals surface area (Å²) in [7, 11) is 0. The van der Waals surface area contributed by atoms with E-state index in [1.54, 1.807) is 13.0 Å². The fraction of sp³-hybridized carbons (Fsp3) is 0.400. The van der Waals surface area contributed by atoms with Crippen LogP contribution in [0.2, 0.25) is 0 Å². The van der Waals surface area contributed by atoms with E-state index in [0.717, 1.165) is 6.54 Å². The first-order valence-corrected chi connectivity index (χ1v) is 6.33. The molecule has 0 saturated carbocycles. The van der Waals surface area contributed by atoms with Crippen molar-refractivity contribution in [2.45, 2.75) is 19.8 Å². The van der Waals surface area contributed by atoms with E-state index in [1.807, 2.05) is 18.2 Å². The van der Waals surface area contributed by atoms with E-state index < -0.39 is 0 Å². The molecule has 0 heterocycles. The number of esters is 1. The number of nitrogens with one attached hydrogen (secondary N) is 1. The van der Waals surface area contributed by atoms with Crippen molar-refractivity contribution in [3.05, 3.63) is 48.0 Å². The number of benzene rings is 1. The molecule has 98 valence electrons. The molecule has 1 rings (SSSR count). The summed E-state index contributed by atoms with van der Waals surface area (Å²) in [5.41, 5.74) is 1.32. The Morgan fingerprint density at radius 1 is 1.39 bits per heavy atom. The van der Waals surface area contributed by atoms with Crippen molar-refractivity contribution in [2.75, 3.05) is 19.7 Å². The van der Waals surface area contributed by atoms with Crippen LogP contribution in [0, 0.1) is 0 Å². The molecule has 0 aliphatic heterocycles. The van der Waals surface area contributed by atoms with Gasteiger partial charge in [0.2, 0.25) is 0 Å². The number of ether oxygens (including phenoxy) is 1. The molecule has 0 radical (unpaired) electrons. The third kappa shape index (κ3) is 5.64. The normalized spacial score (nSPS) is 12.6. The Labute approximate surface area is 109 Å². The van der Waals surface area contributed by atoms with Crippen LogP contribution in [0.4, 0.5) is 0 Å². The van der Waals surface area contributed by atoms with Crippen molar-refractivity contribution in [1.82, 2.24) is 5.32 Å². The van der Waals surface area contributed by atoms with E-state index in [0.29, 0.717) is 19.1 Å². The van der Waals surface area contributed by atoms with Crippen molar-refractivity contribution < 1.29 is 9.53 Å². The first-order chi connectivity index (χ1) is 8.74. The van der Waals surface area contributed by atoms with Crippen LogP contribution in [0.5, 0.6) is 0 Å². The third-order valence-corrected chi connectivity index (χ3v) is 2.62. The van der Waals surface area contributed by atoms with Crippen LogP contribution >= 0.6 is 0 Å². The lowest BCUT2D eigenvalue weighted by atomic mass is 10.0. The van der Waals surface area contributed by atoms with Crippen LogP contribution in [-0.4, -0.2) is 25.7 Å². The molecule has 0 aliphatic rings. The van der Waals surface area contributed by atoms with E-state index in [9.17, 15) is 4.79 Å². The highest BCUT2D eigenvalue weighted by atomic mass is 16.5. The van der Waals surface area contributed by atoms with Crippen LogP contribution < -0.4 is 5.32 Å². The van der Waals surface area contributed by atoms with E-state index in [1.165, 1.54) is 11.6 Å². The Bertz CT molecular complexity index is 373. The smallest absolute Gasteiger partial charge is 0.330 e. The predicted molar refractivity (Wildman–Crippen MR) is 73.5 cm³/mol. The minimum absolute atomic E-state index is 0.282. The fourth-order valence-corrected chi connectivity index (χ4v) is 1.63. The van der Waals surface area contributed by atoms with Gasteiger partial charge in [0, 0.05) is 19.2 Å². The monoisotopic (exact) mass is 247 g/mol. The largest absolute Gasteiger partial charge is 0.463 e. The van der Waals surface area contributed by atoms with Crippen molar-refractivity contribution >= 4 is 5.97 Å². The molecule has 18 heavy (non-hydrogen) atoms. The van der Waals surface area contributed by atoms with Gasteiger partial charge in [0.1, 0.15) is 0 Å². The summed E-state index contributed by atoms with van der Waals surface area (Å²) >= 11 is 0. The number of rotatable bonds is 7. The number of carbonyl (C=O) groups excluding carboxylic acids is 1. The highest BCUT2D eigenvalue weighted by molar-refractivity contribution is 5.81. The molecule has 0 amide bonds. The highest BCUT2D eigenvalue weighted by Crippen LogP contribution is 2.12. The number of hydrogen-bond donors (Lipinski definition) is 1. The van der Waals surface area contributed by atoms with E-state index >= 15 is 0 Å². The van der Waals surface area contributed by atoms with Gasteiger partial charge in [-0.25, -0.2) is 4.79 Å². The van der Waals surface area contributed by atoms with Gasteiger partial charge < -0.3 is 10.1 Å². The summed E-state index contributed by atoms with van der Waals surface area (Å²) in [4.78, 5) is 11.0. The van der Waals surface area contributed by atoms with Gasteiger partial charge in [-0.1, -0.05) is 43.3 Å². The molecule has 0 aliphatic carbocycles. The fourth-order valence-electron chi connectivity index (χ4n) is 1.63. The molecule has 1 unspecified atom stereocenters. The lowest BCUT2D eigenvalue weighted by Gasteiger charge is -2.11. The maximum atomic E-state index is 11.0. The quantitative estimate of drug-likeness (QED) is 0.457. The third-order valence-electron chi connectivity index (χ3n) is 2.62. The zero-order chi connectivity index (χ0) is 13.2. The topological polar surface area (TPSA) is 38.3 Å². The summed E-state index contributed by atoms with van der Waals surface area (Å²) in [6, 6.07) is 10.4. The minimum atomic E-state index is -0.282. The van der Waals surface area contributed by atoms with Crippen molar-refractivity contribution in [2.24, 2.45) is 0 Å². The second kappa shape index (κ2) is 8.48. The average Bonchev–Trinajstić information content (AvgIpc) is 2.39. The van der Waals surface area contributed by atoms with Gasteiger partial charge in [0.25, 0.3) is 0 Å². The molecule has 1 N–H and O–H groups in total. The van der Waals surface area contributed by atoms with Crippen molar-refractivity contribution in [1.29, 1.82) is 0 Å². The van der Waals surface area contributed by atoms with Gasteiger partial charge in [0.15, 0.2) is 0 Å². The van der Waals surface area contributed by atoms with Gasteiger partial charge in [-0.3, -0.25) is 0 Å². The Balaban J connectivity index is 2.20. The summed E-state index contributed by atoms with van der Waals surface area (Å²) in [6.45, 7) is 5.96. The van der Waals surface area contributed by atoms with Crippen LogP contribution in [0.1, 0.15) is 25.3 Å². The first-order valence-electron chi connectivity index (χ1n) is 6.33. The van der Waals surface area contributed by atoms with Gasteiger partial charge in [-0.2, -0.15) is 0 Å². The molecule has 1 aromatic rings. The molecule has 3 nitrogen and oxygen atoms in total. The predicted octanol–water partition coefficient (Wildman–Crippen LogP) is 2.50. The molecule has 0 spiro atoms. The molecule has 0 bridgehead atoms. The Morgan fingerprint density at radius 3 is 2.78 bits per heavy atom. The number of hydrogen-bond acceptors (Lipinski definition) is 3. The first kappa shape index (κ1) is 14.5. The SMILES string of the molecule is CCOC(=O)/C=C/CNCC(C)c1ccccc1. The van der Waals surface area contributed by atoms with Gasteiger partial charge in [-0.15, -0.1) is 0 Å². The minimum Gasteiger partial charge on any atom is -0.463 e. The van der Waals surface area contributed by atoms with Gasteiger partial charge in [-0.05, 0) is 18.4 Å². The molecule has 0 fully saturated rings. The maximum Gasteiger partial charge on any atom is 0.330 e. The van der Waals surface area contributed by atoms with Crippen molar-refractivity contribution in [3.8, 4) is 0 Å². The summed E-state index contributed by atoms with van der Waals surface area (Å²) < 4.78 is 4.79. The van der Waals surface area contributed by atoms with E-state index in [-0.39, 0.29) is 5.97 Å². The zero-order valence-electron chi connectivity index (χ0n) is 11.1. The Morgan fingerprint density at radius 2 is 2.11 bits per heavy atom. The lowest BCUT2D eigenvalue weighted by Crippen LogP contribution is -2.20. The number of carbonyl (C=O) groups is 1. The maximum absolute atomic E-state index is 11.0. The second-order valence-electron chi connectivity index (χ2n) is 4.12. The molecule has 0 aromatic heterocycles. The van der Waals surface area contributed by atoms with E-state index in [4.69, 9.17) is 4.74 Å². The lowest BCUT2D eigenvalue weighted by molar-refractivity contribution is -0.137. The van der Waals surface area contributed by atoms with Crippen LogP contribution in [0.3, 0.4) is 0 Å². The van der Waals surface area contributed by atoms with E-state index in [2.05, 4.69) is 24.4 Å². The van der Waals surface area contributed by atoms with Gasteiger partial charge >= 0.3 is 5.97 Å². The van der Waals surface area contributed by atoms with Crippen molar-refractivity contribution in [3.63, 3.8) is 0 Å². The zero-order valence-corrected chi connectivity index (χ0v) is 11.1. The Kier molecular flexibility index (Phi) is 6.81. The summed E-state index contributed by atoms with van der Waals surface area (Å²) in [6.07, 6.45) is 3.25. The summed E-state index contributed by atoms with van der Waals surface area (Å²) in [5.74, 6) is 0.178. The van der Waals surface area contributed by atoms with Crippen LogP contribution in [-0.2, 0) is 9.53 Å². The molecular weight excluding hydrogens is 226 g/mol. The molecule has 0 saturated heterocycles. The standard InChI is InChI=1S/C15H21NO2/c1-3-18-15(17)10-7-11-16-12-13(2)14-8-5-4-6-9-14/h4-10,13,16H,3,11-12H2,1-2H3/b10-7+. The average molecular weight is 247 g/mol. The van der Waals surface area contributed by atoms with Gasteiger partial charge in [0.05, 0.1) is 6.61 Å². The highest BCUT2D eigenvalue weighted by Gasteiger charge is 2.02. The van der Waals surface area contributed by atoms with Crippen LogP contribution in [0.25, 0.3) is 0 Å². The molecule has 3 heteroatoms. The molecular formula is C15H21NO2. The van der Waals surface area contributed by atoms with Crippen LogP contribution in [0.15, 0.2) is 42.5 Å². The molecule has 1 atom stereocenters. The Hall–Kier alpha value is -1.61. The molecule has 1 aromatic carbocycles.